The Labute approximate surface area is 156 Å². The predicted octanol–water partition coefficient (Wildman–Crippen LogP) is 4.22. The standard InChI is InChI=1S/C19H20N4O2S/c1-11-16-17(23(3)4)21-15(22-19(16)26-18(11)20-2)10-12-7-8-13(24-5)14(9-12)25-6/h7-9H,10H2,1,3-6H3. The molecule has 3 rings (SSSR count). The van der Waals surface area contributed by atoms with Crippen LogP contribution in [-0.2, 0) is 6.42 Å². The van der Waals surface area contributed by atoms with Crippen LogP contribution in [0.2, 0.25) is 0 Å². The Morgan fingerprint density at radius 3 is 2.50 bits per heavy atom. The van der Waals surface area contributed by atoms with Gasteiger partial charge in [0.1, 0.15) is 16.5 Å². The highest BCUT2D eigenvalue weighted by Crippen LogP contribution is 2.40. The molecule has 0 spiro atoms. The van der Waals surface area contributed by atoms with Gasteiger partial charge in [-0.3, -0.25) is 0 Å². The molecule has 0 aliphatic heterocycles. The van der Waals surface area contributed by atoms with Crippen LogP contribution < -0.4 is 14.4 Å². The minimum Gasteiger partial charge on any atom is -0.493 e. The van der Waals surface area contributed by atoms with E-state index in [0.717, 1.165) is 27.2 Å². The number of aromatic nitrogens is 2. The van der Waals surface area contributed by atoms with Crippen molar-refractivity contribution in [3.05, 3.63) is 46.6 Å². The van der Waals surface area contributed by atoms with Gasteiger partial charge in [-0.2, -0.15) is 0 Å². The quantitative estimate of drug-likeness (QED) is 0.631. The van der Waals surface area contributed by atoms with E-state index in [-0.39, 0.29) is 0 Å². The lowest BCUT2D eigenvalue weighted by Crippen LogP contribution is -2.13. The molecule has 0 bridgehead atoms. The third-order valence-electron chi connectivity index (χ3n) is 4.13. The Bertz CT molecular complexity index is 1000. The molecule has 7 heteroatoms. The first-order valence-corrected chi connectivity index (χ1v) is 8.85. The zero-order valence-corrected chi connectivity index (χ0v) is 16.3. The maximum Gasteiger partial charge on any atom is 0.246 e. The highest BCUT2D eigenvalue weighted by molar-refractivity contribution is 7.22. The van der Waals surface area contributed by atoms with Gasteiger partial charge >= 0.3 is 0 Å². The topological polar surface area (TPSA) is 51.8 Å². The molecule has 6 nitrogen and oxygen atoms in total. The first kappa shape index (κ1) is 18.0. The average Bonchev–Trinajstić information content (AvgIpc) is 2.96. The highest BCUT2D eigenvalue weighted by Gasteiger charge is 2.18. The third kappa shape index (κ3) is 3.16. The van der Waals surface area contributed by atoms with Crippen molar-refractivity contribution in [2.45, 2.75) is 13.3 Å². The number of hydrogen-bond donors (Lipinski definition) is 0. The SMILES string of the molecule is [C-]#[N+]c1sc2nc(Cc3ccc(OC)c(OC)c3)nc(N(C)C)c2c1C. The molecule has 0 saturated heterocycles. The van der Waals surface area contributed by atoms with E-state index >= 15 is 0 Å². The van der Waals surface area contributed by atoms with E-state index in [1.54, 1.807) is 14.2 Å². The normalized spacial score (nSPS) is 10.6. The van der Waals surface area contributed by atoms with Crippen LogP contribution in [0, 0.1) is 13.5 Å². The van der Waals surface area contributed by atoms with Crippen LogP contribution in [0.25, 0.3) is 15.1 Å². The first-order chi connectivity index (χ1) is 12.5. The van der Waals surface area contributed by atoms with Crippen LogP contribution in [-0.4, -0.2) is 38.3 Å². The number of hydrogen-bond acceptors (Lipinski definition) is 6. The molecule has 2 aromatic heterocycles. The van der Waals surface area contributed by atoms with Crippen LogP contribution in [0.15, 0.2) is 18.2 Å². The van der Waals surface area contributed by atoms with Gasteiger partial charge in [-0.1, -0.05) is 6.07 Å². The van der Waals surface area contributed by atoms with Crippen LogP contribution in [0.3, 0.4) is 0 Å². The third-order valence-corrected chi connectivity index (χ3v) is 5.21. The highest BCUT2D eigenvalue weighted by atomic mass is 32.1. The van der Waals surface area contributed by atoms with Crippen molar-refractivity contribution in [3.8, 4) is 11.5 Å². The minimum atomic E-state index is 0.571. The molecule has 26 heavy (non-hydrogen) atoms. The summed E-state index contributed by atoms with van der Waals surface area (Å²) in [4.78, 5) is 15.9. The first-order valence-electron chi connectivity index (χ1n) is 8.04. The summed E-state index contributed by atoms with van der Waals surface area (Å²) in [7, 11) is 7.15. The Balaban J connectivity index is 2.07. The molecule has 1 aromatic carbocycles. The molecule has 0 saturated carbocycles. The molecule has 0 N–H and O–H groups in total. The second kappa shape index (κ2) is 7.18. The number of ether oxygens (including phenoxy) is 2. The predicted molar refractivity (Wildman–Crippen MR) is 105 cm³/mol. The second-order valence-corrected chi connectivity index (χ2v) is 7.03. The summed E-state index contributed by atoms with van der Waals surface area (Å²) in [5, 5.41) is 1.63. The van der Waals surface area contributed by atoms with Crippen molar-refractivity contribution < 1.29 is 9.47 Å². The second-order valence-electron chi connectivity index (χ2n) is 6.05. The van der Waals surface area contributed by atoms with E-state index in [0.29, 0.717) is 28.7 Å². The summed E-state index contributed by atoms with van der Waals surface area (Å²) < 4.78 is 10.7. The van der Waals surface area contributed by atoms with E-state index in [1.807, 2.05) is 44.1 Å². The molecule has 0 amide bonds. The summed E-state index contributed by atoms with van der Waals surface area (Å²) in [6.07, 6.45) is 0.571. The maximum absolute atomic E-state index is 7.36. The van der Waals surface area contributed by atoms with E-state index in [9.17, 15) is 0 Å². The number of methoxy groups -OCH3 is 2. The van der Waals surface area contributed by atoms with Crippen molar-refractivity contribution in [2.75, 3.05) is 33.2 Å². The number of rotatable bonds is 5. The van der Waals surface area contributed by atoms with Gasteiger partial charge in [0.15, 0.2) is 11.5 Å². The number of aryl methyl sites for hydroxylation is 1. The lowest BCUT2D eigenvalue weighted by Gasteiger charge is -2.15. The Hall–Kier alpha value is -2.85. The van der Waals surface area contributed by atoms with Crippen molar-refractivity contribution in [2.24, 2.45) is 0 Å². The lowest BCUT2D eigenvalue weighted by molar-refractivity contribution is 0.354. The maximum atomic E-state index is 7.36. The van der Waals surface area contributed by atoms with Gasteiger partial charge in [0, 0.05) is 25.9 Å². The number of benzene rings is 1. The number of thiophene rings is 1. The monoisotopic (exact) mass is 368 g/mol. The number of nitrogens with zero attached hydrogens (tertiary/aromatic N) is 4. The zero-order chi connectivity index (χ0) is 18.8. The molecular weight excluding hydrogens is 348 g/mol. The van der Waals surface area contributed by atoms with Gasteiger partial charge in [-0.15, -0.1) is 11.3 Å². The molecule has 0 unspecified atom stereocenters. The Morgan fingerprint density at radius 2 is 1.88 bits per heavy atom. The van der Waals surface area contributed by atoms with Crippen LogP contribution >= 0.6 is 11.3 Å². The molecule has 0 aliphatic rings. The molecule has 0 radical (unpaired) electrons. The van der Waals surface area contributed by atoms with Gasteiger partial charge in [0.25, 0.3) is 0 Å². The number of anilines is 1. The summed E-state index contributed by atoms with van der Waals surface area (Å²) in [5.74, 6) is 2.93. The van der Waals surface area contributed by atoms with E-state index in [2.05, 4.69) is 4.85 Å². The van der Waals surface area contributed by atoms with Crippen LogP contribution in [0.1, 0.15) is 17.0 Å². The van der Waals surface area contributed by atoms with E-state index in [1.165, 1.54) is 11.3 Å². The minimum absolute atomic E-state index is 0.571. The van der Waals surface area contributed by atoms with Crippen molar-refractivity contribution in [1.82, 2.24) is 9.97 Å². The molecule has 2 heterocycles. The molecule has 0 aliphatic carbocycles. The number of fused-ring (bicyclic) bond motifs is 1. The van der Waals surface area contributed by atoms with Crippen molar-refractivity contribution in [3.63, 3.8) is 0 Å². The summed E-state index contributed by atoms with van der Waals surface area (Å²) >= 11 is 1.42. The summed E-state index contributed by atoms with van der Waals surface area (Å²) in [5.41, 5.74) is 1.98. The summed E-state index contributed by atoms with van der Waals surface area (Å²) in [6.45, 7) is 9.31. The van der Waals surface area contributed by atoms with Gasteiger partial charge in [-0.25, -0.2) is 14.8 Å². The van der Waals surface area contributed by atoms with Crippen molar-refractivity contribution >= 4 is 32.4 Å². The van der Waals surface area contributed by atoms with Gasteiger partial charge in [0.2, 0.25) is 5.00 Å². The molecule has 0 fully saturated rings. The molecular formula is C19H20N4O2S. The Kier molecular flexibility index (Phi) is 4.96. The summed E-state index contributed by atoms with van der Waals surface area (Å²) in [6, 6.07) is 5.80. The fraction of sp³-hybridized carbons (Fsp3) is 0.316. The molecule has 0 atom stereocenters. The van der Waals surface area contributed by atoms with Gasteiger partial charge in [-0.05, 0) is 30.2 Å². The van der Waals surface area contributed by atoms with Crippen LogP contribution in [0.5, 0.6) is 11.5 Å². The average molecular weight is 368 g/mol. The van der Waals surface area contributed by atoms with E-state index < -0.39 is 0 Å². The van der Waals surface area contributed by atoms with E-state index in [4.69, 9.17) is 26.0 Å². The van der Waals surface area contributed by atoms with Crippen LogP contribution in [0.4, 0.5) is 10.8 Å². The zero-order valence-electron chi connectivity index (χ0n) is 15.5. The Morgan fingerprint density at radius 1 is 1.15 bits per heavy atom. The fourth-order valence-electron chi connectivity index (χ4n) is 2.83. The van der Waals surface area contributed by atoms with Gasteiger partial charge < -0.3 is 14.4 Å². The molecule has 134 valence electrons. The largest absolute Gasteiger partial charge is 0.493 e. The molecule has 3 aromatic rings. The lowest BCUT2D eigenvalue weighted by atomic mass is 10.1. The smallest absolute Gasteiger partial charge is 0.246 e. The fourth-order valence-corrected chi connectivity index (χ4v) is 3.81. The van der Waals surface area contributed by atoms with Crippen molar-refractivity contribution in [1.29, 1.82) is 0 Å². The van der Waals surface area contributed by atoms with Gasteiger partial charge in [0.05, 0.1) is 20.8 Å².